The molecule has 2 saturated heterocycles. The molecule has 5 rings (SSSR count). The average Bonchev–Trinajstić information content (AvgIpc) is 2.69. The number of hydrogen-bond donors (Lipinski definition) is 3. The first-order chi connectivity index (χ1) is 14.1. The van der Waals surface area contributed by atoms with Crippen molar-refractivity contribution in [2.45, 2.75) is 44.2 Å². The minimum absolute atomic E-state index is 0.0448. The normalized spacial score (nSPS) is 24.1. The Balaban J connectivity index is 1.38. The van der Waals surface area contributed by atoms with E-state index in [0.717, 1.165) is 36.2 Å². The summed E-state index contributed by atoms with van der Waals surface area (Å²) in [5.41, 5.74) is 5.25. The van der Waals surface area contributed by atoms with Crippen LogP contribution in [0.25, 0.3) is 0 Å². The minimum Gasteiger partial charge on any atom is -0.381 e. The summed E-state index contributed by atoms with van der Waals surface area (Å²) in [5.74, 6) is 0.277. The molecule has 2 fully saturated rings. The molecule has 2 aliphatic heterocycles. The predicted molar refractivity (Wildman–Crippen MR) is 112 cm³/mol. The maximum Gasteiger partial charge on any atom is 0.232 e. The van der Waals surface area contributed by atoms with Crippen molar-refractivity contribution in [3.05, 3.63) is 59.2 Å². The lowest BCUT2D eigenvalue weighted by Crippen LogP contribution is -2.66. The largest absolute Gasteiger partial charge is 0.381 e. The van der Waals surface area contributed by atoms with Crippen LogP contribution in [0.5, 0.6) is 0 Å². The molecule has 2 heterocycles. The summed E-state index contributed by atoms with van der Waals surface area (Å²) < 4.78 is 5.41. The van der Waals surface area contributed by atoms with Crippen molar-refractivity contribution in [2.24, 2.45) is 0 Å². The number of nitrogens with zero attached hydrogens (tertiary/aromatic N) is 1. The van der Waals surface area contributed by atoms with E-state index in [0.29, 0.717) is 19.6 Å². The number of ether oxygens (including phenoxy) is 1. The van der Waals surface area contributed by atoms with Crippen LogP contribution in [-0.2, 0) is 21.5 Å². The van der Waals surface area contributed by atoms with Crippen LogP contribution in [0, 0.1) is 12.3 Å². The fraction of sp³-hybridized carbons (Fsp3) is 0.391. The molecule has 0 unspecified atom stereocenters. The summed E-state index contributed by atoms with van der Waals surface area (Å²) in [4.78, 5) is 14.7. The maximum atomic E-state index is 13.0. The first-order valence-corrected chi connectivity index (χ1v) is 10.3. The lowest BCUT2D eigenvalue weighted by atomic mass is 9.67. The number of fused-ring (bicyclic) bond motifs is 2. The summed E-state index contributed by atoms with van der Waals surface area (Å²) in [6.07, 6.45) is 2.73. The number of aryl methyl sites for hydroxylation is 1. The molecule has 29 heavy (non-hydrogen) atoms. The number of nitrogens with one attached hydrogen (secondary N) is 3. The molecule has 6 nitrogen and oxygen atoms in total. The first kappa shape index (κ1) is 18.2. The van der Waals surface area contributed by atoms with E-state index in [1.165, 1.54) is 11.1 Å². The van der Waals surface area contributed by atoms with Crippen LogP contribution < -0.4 is 10.6 Å². The molecule has 1 spiro atoms. The van der Waals surface area contributed by atoms with Gasteiger partial charge in [0.1, 0.15) is 0 Å². The second-order valence-corrected chi connectivity index (χ2v) is 8.34. The van der Waals surface area contributed by atoms with E-state index in [1.54, 1.807) is 4.90 Å². The number of carbonyl (C=O) groups excluding carboxylic acids is 1. The molecule has 1 atom stereocenters. The quantitative estimate of drug-likeness (QED) is 0.750. The van der Waals surface area contributed by atoms with Crippen molar-refractivity contribution in [3.63, 3.8) is 0 Å². The summed E-state index contributed by atoms with van der Waals surface area (Å²) >= 11 is 0. The van der Waals surface area contributed by atoms with Gasteiger partial charge in [-0.05, 0) is 54.7 Å². The van der Waals surface area contributed by atoms with Crippen LogP contribution >= 0.6 is 0 Å². The van der Waals surface area contributed by atoms with Gasteiger partial charge in [0.15, 0.2) is 5.96 Å². The number of carbonyl (C=O) groups is 1. The molecule has 0 aromatic heterocycles. The van der Waals surface area contributed by atoms with Gasteiger partial charge in [-0.1, -0.05) is 24.3 Å². The topological polar surface area (TPSA) is 77.5 Å². The number of benzene rings is 2. The molecule has 3 N–H and O–H groups in total. The Bertz CT molecular complexity index is 963. The van der Waals surface area contributed by atoms with Crippen molar-refractivity contribution in [1.29, 1.82) is 5.41 Å². The van der Waals surface area contributed by atoms with E-state index in [1.807, 2.05) is 12.1 Å². The van der Waals surface area contributed by atoms with Crippen molar-refractivity contribution in [3.8, 4) is 0 Å². The van der Waals surface area contributed by atoms with Crippen molar-refractivity contribution < 1.29 is 9.53 Å². The van der Waals surface area contributed by atoms with Gasteiger partial charge in [-0.3, -0.25) is 15.1 Å². The Kier molecular flexibility index (Phi) is 4.32. The smallest absolute Gasteiger partial charge is 0.232 e. The Morgan fingerprint density at radius 3 is 2.72 bits per heavy atom. The van der Waals surface area contributed by atoms with Gasteiger partial charge < -0.3 is 15.4 Å². The monoisotopic (exact) mass is 390 g/mol. The van der Waals surface area contributed by atoms with E-state index in [2.05, 4.69) is 47.9 Å². The second kappa shape index (κ2) is 6.88. The maximum absolute atomic E-state index is 13.0. The van der Waals surface area contributed by atoms with Gasteiger partial charge in [-0.2, -0.15) is 0 Å². The number of hydrogen-bond acceptors (Lipinski definition) is 4. The number of rotatable bonds is 3. The van der Waals surface area contributed by atoms with Crippen molar-refractivity contribution in [1.82, 2.24) is 10.2 Å². The van der Waals surface area contributed by atoms with E-state index in [9.17, 15) is 4.79 Å². The third-order valence-electron chi connectivity index (χ3n) is 6.34. The highest BCUT2D eigenvalue weighted by atomic mass is 16.5. The van der Waals surface area contributed by atoms with Crippen LogP contribution in [0.15, 0.2) is 42.5 Å². The first-order valence-electron chi connectivity index (χ1n) is 10.3. The molecule has 1 aliphatic carbocycles. The second-order valence-electron chi connectivity index (χ2n) is 8.34. The van der Waals surface area contributed by atoms with Gasteiger partial charge in [-0.15, -0.1) is 0 Å². The highest BCUT2D eigenvalue weighted by molar-refractivity contribution is 6.00. The molecule has 2 aromatic rings. The molecule has 2 aromatic carbocycles. The fourth-order valence-electron chi connectivity index (χ4n) is 4.91. The molecule has 3 aliphatic rings. The molecule has 0 radical (unpaired) electrons. The number of amides is 1. The Hall–Kier alpha value is -2.86. The van der Waals surface area contributed by atoms with E-state index in [4.69, 9.17) is 10.1 Å². The SMILES string of the molecule is Cc1cccc(Nc2cccc3c2C[C@]32CC(=O)N(C3CCOCC3)C(=N)N2)c1. The van der Waals surface area contributed by atoms with Gasteiger partial charge in [0.05, 0.1) is 12.0 Å². The van der Waals surface area contributed by atoms with E-state index < -0.39 is 5.54 Å². The van der Waals surface area contributed by atoms with Gasteiger partial charge in [-0.25, -0.2) is 0 Å². The van der Waals surface area contributed by atoms with E-state index in [-0.39, 0.29) is 17.9 Å². The third kappa shape index (κ3) is 3.08. The molecule has 0 saturated carbocycles. The zero-order chi connectivity index (χ0) is 20.0. The fourth-order valence-corrected chi connectivity index (χ4v) is 4.91. The summed E-state index contributed by atoms with van der Waals surface area (Å²) in [5, 5.41) is 15.4. The molecule has 6 heteroatoms. The van der Waals surface area contributed by atoms with Crippen molar-refractivity contribution in [2.75, 3.05) is 18.5 Å². The summed E-state index contributed by atoms with van der Waals surface area (Å²) in [7, 11) is 0. The van der Waals surface area contributed by atoms with Gasteiger partial charge in [0, 0.05) is 37.1 Å². The van der Waals surface area contributed by atoms with Crippen LogP contribution in [0.1, 0.15) is 36.0 Å². The minimum atomic E-state index is -0.449. The number of guanidine groups is 1. The Morgan fingerprint density at radius 2 is 1.97 bits per heavy atom. The van der Waals surface area contributed by atoms with Crippen LogP contribution in [0.4, 0.5) is 11.4 Å². The molecular weight excluding hydrogens is 364 g/mol. The highest BCUT2D eigenvalue weighted by Gasteiger charge is 2.51. The molecular formula is C23H26N4O2. The zero-order valence-corrected chi connectivity index (χ0v) is 16.6. The Morgan fingerprint density at radius 1 is 1.17 bits per heavy atom. The van der Waals surface area contributed by atoms with Crippen LogP contribution in [0.2, 0.25) is 0 Å². The van der Waals surface area contributed by atoms with Gasteiger partial charge in [0.2, 0.25) is 5.91 Å². The summed E-state index contributed by atoms with van der Waals surface area (Å²) in [6.45, 7) is 3.39. The lowest BCUT2D eigenvalue weighted by Gasteiger charge is -2.51. The molecule has 1 amide bonds. The van der Waals surface area contributed by atoms with Gasteiger partial charge in [0.25, 0.3) is 0 Å². The molecule has 0 bridgehead atoms. The zero-order valence-electron chi connectivity index (χ0n) is 16.6. The van der Waals surface area contributed by atoms with E-state index >= 15 is 0 Å². The average molecular weight is 390 g/mol. The standard InChI is InChI=1S/C23H26N4O2/c1-15-4-2-5-16(12-15)25-20-7-3-6-19-18(20)13-23(19)14-21(28)27(22(24)26-23)17-8-10-29-11-9-17/h2-7,12,17,25H,8-11,13-14H2,1H3,(H2,24,26)/t23-/m0/s1. The number of anilines is 2. The van der Waals surface area contributed by atoms with Crippen LogP contribution in [-0.4, -0.2) is 36.0 Å². The van der Waals surface area contributed by atoms with Gasteiger partial charge >= 0.3 is 0 Å². The summed E-state index contributed by atoms with van der Waals surface area (Å²) in [6, 6.07) is 14.6. The van der Waals surface area contributed by atoms with Crippen LogP contribution in [0.3, 0.4) is 0 Å². The Labute approximate surface area is 170 Å². The lowest BCUT2D eigenvalue weighted by molar-refractivity contribution is -0.134. The predicted octanol–water partition coefficient (Wildman–Crippen LogP) is 3.43. The highest BCUT2D eigenvalue weighted by Crippen LogP contribution is 2.47. The molecule has 150 valence electrons. The third-order valence-corrected chi connectivity index (χ3v) is 6.34. The van der Waals surface area contributed by atoms with Crippen molar-refractivity contribution >= 4 is 23.2 Å².